The van der Waals surface area contributed by atoms with Gasteiger partial charge in [0, 0.05) is 17.5 Å². The van der Waals surface area contributed by atoms with Gasteiger partial charge in [0.25, 0.3) is 5.91 Å². The largest absolute Gasteiger partial charge is 0.459 e. The zero-order chi connectivity index (χ0) is 22.2. The van der Waals surface area contributed by atoms with Crippen LogP contribution in [0.5, 0.6) is 0 Å². The third-order valence-electron chi connectivity index (χ3n) is 5.62. The van der Waals surface area contributed by atoms with E-state index in [-0.39, 0.29) is 30.6 Å². The van der Waals surface area contributed by atoms with Crippen molar-refractivity contribution in [2.45, 2.75) is 26.9 Å². The Morgan fingerprint density at radius 2 is 1.84 bits per heavy atom. The second-order valence-corrected chi connectivity index (χ2v) is 7.84. The van der Waals surface area contributed by atoms with Gasteiger partial charge in [-0.1, -0.05) is 12.1 Å². The maximum absolute atomic E-state index is 13.4. The van der Waals surface area contributed by atoms with E-state index in [4.69, 9.17) is 4.42 Å². The fourth-order valence-corrected chi connectivity index (χ4v) is 3.81. The summed E-state index contributed by atoms with van der Waals surface area (Å²) in [5.74, 6) is -0.366. The summed E-state index contributed by atoms with van der Waals surface area (Å²) in [4.78, 5) is 14.9. The zero-order valence-electron chi connectivity index (χ0n) is 17.6. The van der Waals surface area contributed by atoms with Crippen LogP contribution in [-0.2, 0) is 13.1 Å². The number of hydrogen-bond acceptors (Lipinski definition) is 5. The zero-order valence-corrected chi connectivity index (χ0v) is 17.6. The number of aryl methyl sites for hydroxylation is 2. The number of fused-ring (bicyclic) bond motifs is 3. The first kappa shape index (κ1) is 19.9. The summed E-state index contributed by atoms with van der Waals surface area (Å²) in [5.41, 5.74) is 5.39. The van der Waals surface area contributed by atoms with Crippen LogP contribution in [0.4, 0.5) is 4.39 Å². The Kier molecular flexibility index (Phi) is 4.89. The maximum atomic E-state index is 13.4. The van der Waals surface area contributed by atoms with Crippen molar-refractivity contribution in [1.82, 2.24) is 24.9 Å². The van der Waals surface area contributed by atoms with Crippen LogP contribution >= 0.6 is 0 Å². The van der Waals surface area contributed by atoms with E-state index in [9.17, 15) is 9.18 Å². The lowest BCUT2D eigenvalue weighted by molar-refractivity contribution is 0.0698. The van der Waals surface area contributed by atoms with Gasteiger partial charge in [0.1, 0.15) is 5.82 Å². The summed E-state index contributed by atoms with van der Waals surface area (Å²) in [6.45, 7) is 4.63. The molecule has 0 bridgehead atoms. The summed E-state index contributed by atoms with van der Waals surface area (Å²) in [7, 11) is 0. The number of furan rings is 1. The smallest absolute Gasteiger partial charge is 0.290 e. The fraction of sp³-hybridized carbons (Fsp3) is 0.167. The average Bonchev–Trinajstić information content (AvgIpc) is 3.48. The molecule has 3 aromatic heterocycles. The van der Waals surface area contributed by atoms with Gasteiger partial charge in [-0.2, -0.15) is 4.52 Å². The van der Waals surface area contributed by atoms with Crippen molar-refractivity contribution >= 4 is 22.5 Å². The molecule has 1 amide bonds. The van der Waals surface area contributed by atoms with E-state index in [1.54, 1.807) is 33.7 Å². The summed E-state index contributed by atoms with van der Waals surface area (Å²) in [5, 5.41) is 13.2. The van der Waals surface area contributed by atoms with Crippen molar-refractivity contribution < 1.29 is 13.6 Å². The number of nitrogens with zero attached hydrogens (tertiary/aromatic N) is 5. The van der Waals surface area contributed by atoms with Gasteiger partial charge in [0.15, 0.2) is 11.4 Å². The number of amides is 1. The van der Waals surface area contributed by atoms with E-state index in [0.29, 0.717) is 5.65 Å². The fourth-order valence-electron chi connectivity index (χ4n) is 3.81. The number of carbonyl (C=O) groups excluding carboxylic acids is 1. The molecular formula is C24H20FN5O2. The Bertz CT molecular complexity index is 1420. The molecule has 0 spiro atoms. The first-order valence-electron chi connectivity index (χ1n) is 10.2. The molecule has 7 nitrogen and oxygen atoms in total. The molecule has 3 heterocycles. The third-order valence-corrected chi connectivity index (χ3v) is 5.62. The highest BCUT2D eigenvalue weighted by atomic mass is 19.1. The number of hydrogen-bond donors (Lipinski definition) is 0. The molecule has 5 aromatic rings. The molecular weight excluding hydrogens is 409 g/mol. The lowest BCUT2D eigenvalue weighted by atomic mass is 10.0. The van der Waals surface area contributed by atoms with Gasteiger partial charge in [0.2, 0.25) is 0 Å². The Morgan fingerprint density at radius 1 is 1.06 bits per heavy atom. The Balaban J connectivity index is 1.59. The van der Waals surface area contributed by atoms with Gasteiger partial charge < -0.3 is 9.32 Å². The van der Waals surface area contributed by atoms with Crippen LogP contribution in [0.3, 0.4) is 0 Å². The molecule has 0 fully saturated rings. The molecule has 0 saturated heterocycles. The van der Waals surface area contributed by atoms with Gasteiger partial charge >= 0.3 is 0 Å². The molecule has 0 N–H and O–H groups in total. The van der Waals surface area contributed by atoms with Crippen molar-refractivity contribution in [2.75, 3.05) is 0 Å². The molecule has 5 rings (SSSR count). The predicted molar refractivity (Wildman–Crippen MR) is 116 cm³/mol. The Morgan fingerprint density at radius 3 is 2.59 bits per heavy atom. The topological polar surface area (TPSA) is 76.5 Å². The van der Waals surface area contributed by atoms with E-state index in [1.807, 2.05) is 13.0 Å². The SMILES string of the molecule is Cc1cc2cc(CN(Cc3ccc(F)cc3)C(=O)c3ccco3)c3nnnn3c2cc1C. The van der Waals surface area contributed by atoms with E-state index in [2.05, 4.69) is 34.6 Å². The molecule has 32 heavy (non-hydrogen) atoms. The number of carbonyl (C=O) groups is 1. The highest BCUT2D eigenvalue weighted by Crippen LogP contribution is 2.25. The van der Waals surface area contributed by atoms with Gasteiger partial charge in [-0.15, -0.1) is 5.10 Å². The lowest BCUT2D eigenvalue weighted by Crippen LogP contribution is -2.30. The summed E-state index contributed by atoms with van der Waals surface area (Å²) < 4.78 is 20.4. The summed E-state index contributed by atoms with van der Waals surface area (Å²) in [6.07, 6.45) is 1.46. The third kappa shape index (κ3) is 3.60. The molecule has 0 radical (unpaired) electrons. The van der Waals surface area contributed by atoms with Crippen LogP contribution in [0.25, 0.3) is 16.6 Å². The quantitative estimate of drug-likeness (QED) is 0.412. The van der Waals surface area contributed by atoms with E-state index >= 15 is 0 Å². The second kappa shape index (κ2) is 7.88. The average molecular weight is 429 g/mol. The highest BCUT2D eigenvalue weighted by Gasteiger charge is 2.22. The summed E-state index contributed by atoms with van der Waals surface area (Å²) in [6, 6.07) is 15.6. The van der Waals surface area contributed by atoms with E-state index in [0.717, 1.165) is 33.2 Å². The van der Waals surface area contributed by atoms with Crippen molar-refractivity contribution in [2.24, 2.45) is 0 Å². The number of aromatic nitrogens is 4. The predicted octanol–water partition coefficient (Wildman–Crippen LogP) is 4.47. The molecule has 0 aliphatic carbocycles. The monoisotopic (exact) mass is 429 g/mol. The van der Waals surface area contributed by atoms with E-state index < -0.39 is 0 Å². The molecule has 0 aliphatic rings. The van der Waals surface area contributed by atoms with Crippen molar-refractivity contribution in [3.63, 3.8) is 0 Å². The van der Waals surface area contributed by atoms with Gasteiger partial charge in [-0.05, 0) is 83.4 Å². The number of rotatable bonds is 5. The molecule has 8 heteroatoms. The number of tetrazole rings is 1. The van der Waals surface area contributed by atoms with Gasteiger partial charge in [-0.3, -0.25) is 4.79 Å². The second-order valence-electron chi connectivity index (χ2n) is 7.84. The van der Waals surface area contributed by atoms with Gasteiger partial charge in [-0.25, -0.2) is 4.39 Å². The van der Waals surface area contributed by atoms with Crippen molar-refractivity contribution in [3.05, 3.63) is 94.7 Å². The lowest BCUT2D eigenvalue weighted by Gasteiger charge is -2.22. The minimum Gasteiger partial charge on any atom is -0.459 e. The Labute approximate surface area is 183 Å². The van der Waals surface area contributed by atoms with Gasteiger partial charge in [0.05, 0.1) is 18.3 Å². The minimum atomic E-state index is -0.325. The van der Waals surface area contributed by atoms with E-state index in [1.165, 1.54) is 18.4 Å². The van der Waals surface area contributed by atoms with Crippen LogP contribution < -0.4 is 0 Å². The van der Waals surface area contributed by atoms with Crippen molar-refractivity contribution in [3.8, 4) is 0 Å². The first-order chi connectivity index (χ1) is 15.5. The van der Waals surface area contributed by atoms with Crippen LogP contribution in [0.2, 0.25) is 0 Å². The number of benzene rings is 2. The molecule has 0 atom stereocenters. The molecule has 2 aromatic carbocycles. The van der Waals surface area contributed by atoms with Crippen LogP contribution in [0, 0.1) is 19.7 Å². The standard InChI is InChI=1S/C24H20FN5O2/c1-15-10-18-12-19(23-26-27-28-30(23)21(18)11-16(15)2)14-29(24(31)22-4-3-9-32-22)13-17-5-7-20(25)8-6-17/h3-12H,13-14H2,1-2H3. The molecule has 0 aliphatic heterocycles. The minimum absolute atomic E-state index is 0.231. The normalized spacial score (nSPS) is 11.3. The molecule has 0 saturated carbocycles. The van der Waals surface area contributed by atoms with Crippen LogP contribution in [-0.4, -0.2) is 30.8 Å². The first-order valence-corrected chi connectivity index (χ1v) is 10.2. The van der Waals surface area contributed by atoms with Crippen molar-refractivity contribution in [1.29, 1.82) is 0 Å². The highest BCUT2D eigenvalue weighted by molar-refractivity contribution is 5.92. The molecule has 0 unspecified atom stereocenters. The number of halogens is 1. The van der Waals surface area contributed by atoms with Crippen LogP contribution in [0.15, 0.2) is 65.3 Å². The number of pyridine rings is 1. The summed E-state index contributed by atoms with van der Waals surface area (Å²) >= 11 is 0. The maximum Gasteiger partial charge on any atom is 0.290 e. The Hall–Kier alpha value is -4.07. The van der Waals surface area contributed by atoms with Crippen LogP contribution in [0.1, 0.15) is 32.8 Å². The molecule has 160 valence electrons.